The molecule has 0 aliphatic carbocycles. The van der Waals surface area contributed by atoms with Gasteiger partial charge in [-0.1, -0.05) is 13.8 Å². The SMILES string of the molecule is CC(C)c1cc(C(=O)CCCC(=O)O)ccc1O. The third kappa shape index (κ3) is 3.87. The molecule has 2 N–H and O–H groups in total. The number of ketones is 1. The van der Waals surface area contributed by atoms with E-state index in [1.807, 2.05) is 13.8 Å². The minimum Gasteiger partial charge on any atom is -0.508 e. The lowest BCUT2D eigenvalue weighted by Crippen LogP contribution is -2.03. The Morgan fingerprint density at radius 2 is 1.89 bits per heavy atom. The summed E-state index contributed by atoms with van der Waals surface area (Å²) >= 11 is 0. The fraction of sp³-hybridized carbons (Fsp3) is 0.429. The fourth-order valence-electron chi connectivity index (χ4n) is 1.73. The third-order valence-electron chi connectivity index (χ3n) is 2.77. The number of phenols is 1. The van der Waals surface area contributed by atoms with E-state index in [1.54, 1.807) is 12.1 Å². The molecule has 1 aromatic carbocycles. The average molecular weight is 250 g/mol. The fourth-order valence-corrected chi connectivity index (χ4v) is 1.73. The van der Waals surface area contributed by atoms with Gasteiger partial charge in [0.2, 0.25) is 0 Å². The summed E-state index contributed by atoms with van der Waals surface area (Å²) in [6.45, 7) is 3.88. The second-order valence-corrected chi connectivity index (χ2v) is 4.60. The largest absolute Gasteiger partial charge is 0.508 e. The molecular weight excluding hydrogens is 232 g/mol. The number of carboxylic acids is 1. The van der Waals surface area contributed by atoms with Crippen molar-refractivity contribution in [3.63, 3.8) is 0 Å². The Morgan fingerprint density at radius 3 is 2.44 bits per heavy atom. The number of carbonyl (C=O) groups is 2. The number of rotatable bonds is 6. The standard InChI is InChI=1S/C14H18O4/c1-9(2)11-8-10(6-7-13(11)16)12(15)4-3-5-14(17)18/h6-9,16H,3-5H2,1-2H3,(H,17,18). The topological polar surface area (TPSA) is 74.6 Å². The van der Waals surface area contributed by atoms with Gasteiger partial charge in [-0.15, -0.1) is 0 Å². The zero-order valence-corrected chi connectivity index (χ0v) is 10.6. The van der Waals surface area contributed by atoms with Gasteiger partial charge in [-0.05, 0) is 36.1 Å². The van der Waals surface area contributed by atoms with Gasteiger partial charge in [0.15, 0.2) is 5.78 Å². The minimum absolute atomic E-state index is 0.000854. The van der Waals surface area contributed by atoms with E-state index in [4.69, 9.17) is 5.11 Å². The Bertz CT molecular complexity index is 449. The predicted molar refractivity (Wildman–Crippen MR) is 68.0 cm³/mol. The molecule has 4 nitrogen and oxygen atoms in total. The molecule has 1 rings (SSSR count). The van der Waals surface area contributed by atoms with Crippen molar-refractivity contribution in [1.29, 1.82) is 0 Å². The molecule has 0 atom stereocenters. The molecule has 0 saturated heterocycles. The molecule has 0 aliphatic rings. The maximum atomic E-state index is 11.8. The molecule has 0 saturated carbocycles. The van der Waals surface area contributed by atoms with E-state index < -0.39 is 5.97 Å². The Labute approximate surface area is 106 Å². The van der Waals surface area contributed by atoms with Crippen molar-refractivity contribution in [2.45, 2.75) is 39.0 Å². The number of benzene rings is 1. The molecule has 0 radical (unpaired) electrons. The van der Waals surface area contributed by atoms with Gasteiger partial charge in [-0.3, -0.25) is 9.59 Å². The lowest BCUT2D eigenvalue weighted by molar-refractivity contribution is -0.137. The number of carbonyl (C=O) groups excluding carboxylic acids is 1. The van der Waals surface area contributed by atoms with Gasteiger partial charge < -0.3 is 10.2 Å². The van der Waals surface area contributed by atoms with Crippen LogP contribution in [0.3, 0.4) is 0 Å². The van der Waals surface area contributed by atoms with Gasteiger partial charge in [0, 0.05) is 18.4 Å². The summed E-state index contributed by atoms with van der Waals surface area (Å²) < 4.78 is 0. The molecule has 0 bridgehead atoms. The van der Waals surface area contributed by atoms with E-state index in [2.05, 4.69) is 0 Å². The van der Waals surface area contributed by atoms with Crippen LogP contribution >= 0.6 is 0 Å². The molecule has 98 valence electrons. The first-order valence-corrected chi connectivity index (χ1v) is 5.99. The van der Waals surface area contributed by atoms with Gasteiger partial charge in [0.1, 0.15) is 5.75 Å². The average Bonchev–Trinajstić information content (AvgIpc) is 2.28. The molecule has 0 aliphatic heterocycles. The number of Topliss-reactive ketones (excluding diaryl/α,β-unsaturated/α-hetero) is 1. The molecule has 0 aromatic heterocycles. The lowest BCUT2D eigenvalue weighted by Gasteiger charge is -2.10. The zero-order chi connectivity index (χ0) is 13.7. The van der Waals surface area contributed by atoms with Crippen LogP contribution in [-0.2, 0) is 4.79 Å². The molecule has 0 heterocycles. The van der Waals surface area contributed by atoms with Crippen LogP contribution in [0.25, 0.3) is 0 Å². The van der Waals surface area contributed by atoms with Crippen LogP contribution in [0.5, 0.6) is 5.75 Å². The number of hydrogen-bond donors (Lipinski definition) is 2. The smallest absolute Gasteiger partial charge is 0.303 e. The molecule has 0 unspecified atom stereocenters. The lowest BCUT2D eigenvalue weighted by atomic mass is 9.96. The van der Waals surface area contributed by atoms with E-state index in [-0.39, 0.29) is 30.3 Å². The van der Waals surface area contributed by atoms with Crippen LogP contribution in [0.4, 0.5) is 0 Å². The maximum Gasteiger partial charge on any atom is 0.303 e. The highest BCUT2D eigenvalue weighted by atomic mass is 16.4. The Hall–Kier alpha value is -1.84. The van der Waals surface area contributed by atoms with Gasteiger partial charge in [-0.2, -0.15) is 0 Å². The molecule has 0 spiro atoms. The quantitative estimate of drug-likeness (QED) is 0.761. The Morgan fingerprint density at radius 1 is 1.22 bits per heavy atom. The third-order valence-corrected chi connectivity index (χ3v) is 2.77. The Balaban J connectivity index is 2.74. The van der Waals surface area contributed by atoms with Crippen LogP contribution < -0.4 is 0 Å². The summed E-state index contributed by atoms with van der Waals surface area (Å²) in [6, 6.07) is 4.77. The molecular formula is C14H18O4. The molecule has 1 aromatic rings. The van der Waals surface area contributed by atoms with E-state index >= 15 is 0 Å². The first kappa shape index (κ1) is 14.2. The van der Waals surface area contributed by atoms with Crippen LogP contribution in [0, 0.1) is 0 Å². The van der Waals surface area contributed by atoms with Crippen molar-refractivity contribution in [3.05, 3.63) is 29.3 Å². The first-order chi connectivity index (χ1) is 8.41. The van der Waals surface area contributed by atoms with Crippen molar-refractivity contribution < 1.29 is 19.8 Å². The number of aliphatic carboxylic acids is 1. The predicted octanol–water partition coefficient (Wildman–Crippen LogP) is 2.95. The number of phenolic OH excluding ortho intramolecular Hbond substituents is 1. The highest BCUT2D eigenvalue weighted by molar-refractivity contribution is 5.96. The van der Waals surface area contributed by atoms with Crippen molar-refractivity contribution in [1.82, 2.24) is 0 Å². The van der Waals surface area contributed by atoms with Crippen LogP contribution in [0.1, 0.15) is 54.9 Å². The highest BCUT2D eigenvalue weighted by Gasteiger charge is 2.12. The summed E-state index contributed by atoms with van der Waals surface area (Å²) in [4.78, 5) is 22.2. The van der Waals surface area contributed by atoms with E-state index in [1.165, 1.54) is 6.07 Å². The van der Waals surface area contributed by atoms with Crippen LogP contribution in [0.2, 0.25) is 0 Å². The van der Waals surface area contributed by atoms with Gasteiger partial charge in [0.05, 0.1) is 0 Å². The second kappa shape index (κ2) is 6.19. The van der Waals surface area contributed by atoms with Crippen molar-refractivity contribution in [2.75, 3.05) is 0 Å². The van der Waals surface area contributed by atoms with E-state index in [9.17, 15) is 14.7 Å². The second-order valence-electron chi connectivity index (χ2n) is 4.60. The monoisotopic (exact) mass is 250 g/mol. The van der Waals surface area contributed by atoms with Gasteiger partial charge in [0.25, 0.3) is 0 Å². The number of aromatic hydroxyl groups is 1. The molecule has 18 heavy (non-hydrogen) atoms. The summed E-state index contributed by atoms with van der Waals surface area (Å²) in [7, 11) is 0. The van der Waals surface area contributed by atoms with E-state index in [0.29, 0.717) is 12.0 Å². The zero-order valence-electron chi connectivity index (χ0n) is 10.6. The van der Waals surface area contributed by atoms with Crippen molar-refractivity contribution in [2.24, 2.45) is 0 Å². The number of carboxylic acid groups (broad SMARTS) is 1. The summed E-state index contributed by atoms with van der Waals surface area (Å²) in [5, 5.41) is 18.2. The van der Waals surface area contributed by atoms with Crippen molar-refractivity contribution in [3.8, 4) is 5.75 Å². The van der Waals surface area contributed by atoms with Gasteiger partial charge >= 0.3 is 5.97 Å². The molecule has 4 heteroatoms. The minimum atomic E-state index is -0.892. The Kier molecular flexibility index (Phi) is 4.89. The van der Waals surface area contributed by atoms with Crippen molar-refractivity contribution >= 4 is 11.8 Å². The maximum absolute atomic E-state index is 11.8. The summed E-state index contributed by atoms with van der Waals surface area (Å²) in [6.07, 6.45) is 0.557. The van der Waals surface area contributed by atoms with Crippen LogP contribution in [-0.4, -0.2) is 22.0 Å². The first-order valence-electron chi connectivity index (χ1n) is 5.99. The summed E-state index contributed by atoms with van der Waals surface area (Å²) in [5.41, 5.74) is 1.26. The van der Waals surface area contributed by atoms with Gasteiger partial charge in [-0.25, -0.2) is 0 Å². The summed E-state index contributed by atoms with van der Waals surface area (Å²) in [5.74, 6) is -0.654. The number of hydrogen-bond acceptors (Lipinski definition) is 3. The highest BCUT2D eigenvalue weighted by Crippen LogP contribution is 2.26. The van der Waals surface area contributed by atoms with E-state index in [0.717, 1.165) is 5.56 Å². The molecule has 0 fully saturated rings. The molecule has 0 amide bonds. The normalized spacial score (nSPS) is 10.6. The van der Waals surface area contributed by atoms with Crippen LogP contribution in [0.15, 0.2) is 18.2 Å².